The van der Waals surface area contributed by atoms with Crippen LogP contribution >= 0.6 is 24.0 Å². The van der Waals surface area contributed by atoms with E-state index in [-0.39, 0.29) is 42.0 Å². The zero-order chi connectivity index (χ0) is 22.7. The van der Waals surface area contributed by atoms with Crippen molar-refractivity contribution < 1.29 is 14.3 Å². The molecule has 8 heteroatoms. The van der Waals surface area contributed by atoms with Crippen LogP contribution in [0.1, 0.15) is 38.8 Å². The first-order valence-electron chi connectivity index (χ1n) is 10.5. The van der Waals surface area contributed by atoms with Crippen LogP contribution in [-0.2, 0) is 17.9 Å². The number of nitrogens with zero attached hydrogens (tertiary/aromatic N) is 1. The van der Waals surface area contributed by atoms with Gasteiger partial charge in [-0.15, -0.1) is 24.0 Å². The van der Waals surface area contributed by atoms with Crippen LogP contribution in [0.2, 0.25) is 0 Å². The molecule has 2 aromatic rings. The summed E-state index contributed by atoms with van der Waals surface area (Å²) in [5.74, 6) is 1.84. The van der Waals surface area contributed by atoms with Gasteiger partial charge in [0.05, 0.1) is 20.2 Å². The van der Waals surface area contributed by atoms with Gasteiger partial charge in [0.25, 0.3) is 0 Å². The van der Waals surface area contributed by atoms with Crippen LogP contribution in [0.4, 0.5) is 0 Å². The monoisotopic (exact) mass is 554 g/mol. The van der Waals surface area contributed by atoms with Gasteiger partial charge < -0.3 is 25.4 Å². The lowest BCUT2D eigenvalue weighted by atomic mass is 10.1. The van der Waals surface area contributed by atoms with Crippen molar-refractivity contribution in [3.63, 3.8) is 0 Å². The summed E-state index contributed by atoms with van der Waals surface area (Å²) in [6.45, 7) is 9.58. The Morgan fingerprint density at radius 1 is 1.00 bits per heavy atom. The summed E-state index contributed by atoms with van der Waals surface area (Å²) < 4.78 is 11.4. The average molecular weight is 554 g/mol. The maximum absolute atomic E-state index is 12.0. The molecule has 0 aromatic heterocycles. The quantitative estimate of drug-likeness (QED) is 0.249. The number of rotatable bonds is 9. The van der Waals surface area contributed by atoms with Crippen molar-refractivity contribution >= 4 is 35.8 Å². The molecule has 2 rings (SSSR count). The number of methoxy groups -OCH3 is 1. The number of benzene rings is 2. The Hall–Kier alpha value is -2.49. The van der Waals surface area contributed by atoms with Crippen LogP contribution in [-0.4, -0.2) is 37.6 Å². The number of amides is 1. The number of aliphatic imine (C=N–C) groups is 1. The van der Waals surface area contributed by atoms with Crippen molar-refractivity contribution in [2.24, 2.45) is 4.99 Å². The molecule has 32 heavy (non-hydrogen) atoms. The van der Waals surface area contributed by atoms with E-state index in [2.05, 4.69) is 20.9 Å². The summed E-state index contributed by atoms with van der Waals surface area (Å²) in [5.41, 5.74) is 1.80. The summed E-state index contributed by atoms with van der Waals surface area (Å²) >= 11 is 0. The van der Waals surface area contributed by atoms with Gasteiger partial charge in [-0.2, -0.15) is 0 Å². The number of ether oxygens (including phenoxy) is 2. The first-order chi connectivity index (χ1) is 14.8. The second-order valence-electron chi connectivity index (χ2n) is 8.11. The second-order valence-corrected chi connectivity index (χ2v) is 8.11. The highest BCUT2D eigenvalue weighted by molar-refractivity contribution is 14.0. The van der Waals surface area contributed by atoms with Gasteiger partial charge in [0.2, 0.25) is 5.91 Å². The summed E-state index contributed by atoms with van der Waals surface area (Å²) in [5, 5.41) is 9.14. The Labute approximate surface area is 208 Å². The number of carbonyl (C=O) groups is 1. The minimum absolute atomic E-state index is 0. The van der Waals surface area contributed by atoms with Crippen molar-refractivity contribution in [3.8, 4) is 11.5 Å². The van der Waals surface area contributed by atoms with E-state index in [4.69, 9.17) is 9.47 Å². The molecular weight excluding hydrogens is 519 g/mol. The van der Waals surface area contributed by atoms with Crippen LogP contribution in [0.15, 0.2) is 53.5 Å². The van der Waals surface area contributed by atoms with Crippen molar-refractivity contribution in [1.82, 2.24) is 16.0 Å². The number of halogens is 1. The highest BCUT2D eigenvalue weighted by Gasteiger charge is 2.13. The Morgan fingerprint density at radius 2 is 1.72 bits per heavy atom. The summed E-state index contributed by atoms with van der Waals surface area (Å²) in [7, 11) is 1.62. The Balaban J connectivity index is 0.00000512. The van der Waals surface area contributed by atoms with Gasteiger partial charge in [0.1, 0.15) is 6.61 Å². The van der Waals surface area contributed by atoms with Gasteiger partial charge in [-0.05, 0) is 51.0 Å². The molecule has 7 nitrogen and oxygen atoms in total. The maximum Gasteiger partial charge on any atom is 0.239 e. The van der Waals surface area contributed by atoms with E-state index in [9.17, 15) is 4.79 Å². The van der Waals surface area contributed by atoms with E-state index in [0.717, 1.165) is 11.1 Å². The summed E-state index contributed by atoms with van der Waals surface area (Å²) in [6, 6.07) is 15.8. The lowest BCUT2D eigenvalue weighted by Crippen LogP contribution is -2.48. The van der Waals surface area contributed by atoms with Gasteiger partial charge in [0, 0.05) is 12.1 Å². The van der Waals surface area contributed by atoms with Crippen molar-refractivity contribution in [2.75, 3.05) is 20.2 Å². The average Bonchev–Trinajstić information content (AvgIpc) is 2.74. The normalized spacial score (nSPS) is 11.2. The fourth-order valence-electron chi connectivity index (χ4n) is 2.80. The van der Waals surface area contributed by atoms with Crippen LogP contribution in [0.5, 0.6) is 11.5 Å². The molecule has 0 aliphatic carbocycles. The van der Waals surface area contributed by atoms with E-state index in [0.29, 0.717) is 37.2 Å². The Bertz CT molecular complexity index is 867. The zero-order valence-corrected chi connectivity index (χ0v) is 21.9. The van der Waals surface area contributed by atoms with E-state index in [1.807, 2.05) is 76.2 Å². The first-order valence-corrected chi connectivity index (χ1v) is 10.5. The molecule has 0 bridgehead atoms. The molecule has 0 heterocycles. The third-order valence-electron chi connectivity index (χ3n) is 4.16. The topological polar surface area (TPSA) is 84.0 Å². The van der Waals surface area contributed by atoms with Crippen LogP contribution in [0.25, 0.3) is 0 Å². The summed E-state index contributed by atoms with van der Waals surface area (Å²) in [4.78, 5) is 16.6. The minimum atomic E-state index is -0.269. The number of nitrogens with one attached hydrogen (secondary N) is 3. The number of hydrogen-bond acceptors (Lipinski definition) is 4. The molecule has 0 spiro atoms. The minimum Gasteiger partial charge on any atom is -0.493 e. The number of carbonyl (C=O) groups excluding carboxylic acids is 1. The van der Waals surface area contributed by atoms with E-state index < -0.39 is 0 Å². The number of hydrogen-bond donors (Lipinski definition) is 3. The third kappa shape index (κ3) is 10.2. The highest BCUT2D eigenvalue weighted by Crippen LogP contribution is 2.29. The molecule has 3 N–H and O–H groups in total. The molecule has 1 amide bonds. The highest BCUT2D eigenvalue weighted by atomic mass is 127. The lowest BCUT2D eigenvalue weighted by Gasteiger charge is -2.21. The molecule has 0 aliphatic rings. The van der Waals surface area contributed by atoms with Crippen LogP contribution < -0.4 is 25.4 Å². The van der Waals surface area contributed by atoms with E-state index >= 15 is 0 Å². The fourth-order valence-corrected chi connectivity index (χ4v) is 2.80. The first kappa shape index (κ1) is 27.5. The van der Waals surface area contributed by atoms with Crippen LogP contribution in [0, 0.1) is 0 Å². The fraction of sp³-hybridized carbons (Fsp3) is 0.417. The summed E-state index contributed by atoms with van der Waals surface area (Å²) in [6.07, 6.45) is 0. The van der Waals surface area contributed by atoms with Gasteiger partial charge in [-0.25, -0.2) is 4.99 Å². The maximum atomic E-state index is 12.0. The molecule has 2 aromatic carbocycles. The number of guanidine groups is 1. The molecule has 0 radical (unpaired) electrons. The van der Waals surface area contributed by atoms with Gasteiger partial charge >= 0.3 is 0 Å². The predicted octanol–water partition coefficient (Wildman–Crippen LogP) is 3.86. The van der Waals surface area contributed by atoms with Gasteiger partial charge in [-0.3, -0.25) is 4.79 Å². The molecule has 0 saturated heterocycles. The molecule has 176 valence electrons. The molecule has 0 atom stereocenters. The van der Waals surface area contributed by atoms with Crippen molar-refractivity contribution in [3.05, 3.63) is 59.7 Å². The largest absolute Gasteiger partial charge is 0.493 e. The SMILES string of the molecule is CCNC(=NCc1ccc(OCc2ccccc2)c(OC)c1)NCC(=O)NC(C)(C)C.I. The zero-order valence-electron chi connectivity index (χ0n) is 19.5. The van der Waals surface area contributed by atoms with Crippen molar-refractivity contribution in [1.29, 1.82) is 0 Å². The molecule has 0 aliphatic heterocycles. The van der Waals surface area contributed by atoms with Gasteiger partial charge in [0.15, 0.2) is 17.5 Å². The Kier molecular flexibility index (Phi) is 11.9. The van der Waals surface area contributed by atoms with Gasteiger partial charge in [-0.1, -0.05) is 36.4 Å². The third-order valence-corrected chi connectivity index (χ3v) is 4.16. The predicted molar refractivity (Wildman–Crippen MR) is 140 cm³/mol. The molecule has 0 unspecified atom stereocenters. The molecule has 0 saturated carbocycles. The smallest absolute Gasteiger partial charge is 0.239 e. The molecule has 0 fully saturated rings. The Morgan fingerprint density at radius 3 is 2.34 bits per heavy atom. The van der Waals surface area contributed by atoms with E-state index in [1.54, 1.807) is 7.11 Å². The molecular formula is C24H35IN4O3. The van der Waals surface area contributed by atoms with Crippen molar-refractivity contribution in [2.45, 2.75) is 46.4 Å². The second kappa shape index (κ2) is 13.8. The standard InChI is InChI=1S/C24H34N4O3.HI/c1-6-25-23(27-16-22(29)28-24(2,3)4)26-15-19-12-13-20(21(14-19)30-5)31-17-18-10-8-7-9-11-18;/h7-14H,6,15-17H2,1-5H3,(H,28,29)(H2,25,26,27);1H. The lowest BCUT2D eigenvalue weighted by molar-refractivity contribution is -0.121. The van der Waals surface area contributed by atoms with E-state index in [1.165, 1.54) is 0 Å². The van der Waals surface area contributed by atoms with Crippen LogP contribution in [0.3, 0.4) is 0 Å².